The number of hydrogen-bond donors (Lipinski definition) is 2. The lowest BCUT2D eigenvalue weighted by molar-refractivity contribution is -0.131. The zero-order valence-corrected chi connectivity index (χ0v) is 19.1. The van der Waals surface area contributed by atoms with Crippen molar-refractivity contribution in [3.63, 3.8) is 0 Å². The SMILES string of the molecule is CCC(=O)N1CCc2c(nc([C@H]3CCCCN3C(=O)c3cc4c(C)cccc4[nH]3)[nH]c2=O)C1. The Morgan fingerprint density at radius 1 is 1.18 bits per heavy atom. The van der Waals surface area contributed by atoms with Gasteiger partial charge in [0, 0.05) is 36.0 Å². The van der Waals surface area contributed by atoms with Crippen LogP contribution in [0.4, 0.5) is 0 Å². The molecule has 1 aromatic carbocycles. The molecule has 8 nitrogen and oxygen atoms in total. The Kier molecular flexibility index (Phi) is 5.52. The van der Waals surface area contributed by atoms with Crippen molar-refractivity contribution in [2.45, 2.75) is 58.5 Å². The first kappa shape index (κ1) is 21.4. The molecule has 2 amide bonds. The van der Waals surface area contributed by atoms with Crippen molar-refractivity contribution in [1.29, 1.82) is 0 Å². The Bertz CT molecular complexity index is 1290. The van der Waals surface area contributed by atoms with Crippen LogP contribution in [-0.2, 0) is 17.8 Å². The molecule has 0 radical (unpaired) electrons. The number of amides is 2. The maximum Gasteiger partial charge on any atom is 0.270 e. The van der Waals surface area contributed by atoms with E-state index in [0.717, 1.165) is 35.7 Å². The maximum absolute atomic E-state index is 13.5. The van der Waals surface area contributed by atoms with Crippen molar-refractivity contribution in [1.82, 2.24) is 24.8 Å². The first-order valence-corrected chi connectivity index (χ1v) is 11.7. The molecule has 3 aromatic rings. The van der Waals surface area contributed by atoms with Gasteiger partial charge in [-0.25, -0.2) is 4.98 Å². The molecule has 172 valence electrons. The van der Waals surface area contributed by atoms with E-state index in [1.165, 1.54) is 0 Å². The van der Waals surface area contributed by atoms with Crippen LogP contribution in [0.1, 0.15) is 71.8 Å². The fraction of sp³-hybridized carbons (Fsp3) is 0.440. The smallest absolute Gasteiger partial charge is 0.270 e. The predicted molar refractivity (Wildman–Crippen MR) is 125 cm³/mol. The lowest BCUT2D eigenvalue weighted by Gasteiger charge is -2.35. The molecule has 2 aliphatic rings. The number of fused-ring (bicyclic) bond motifs is 2. The number of piperidine rings is 1. The van der Waals surface area contributed by atoms with E-state index in [1.807, 2.05) is 43.0 Å². The van der Waals surface area contributed by atoms with Crippen LogP contribution in [0.5, 0.6) is 0 Å². The number of likely N-dealkylation sites (tertiary alicyclic amines) is 1. The summed E-state index contributed by atoms with van der Waals surface area (Å²) >= 11 is 0. The summed E-state index contributed by atoms with van der Waals surface area (Å²) in [6.45, 7) is 5.37. The Morgan fingerprint density at radius 2 is 2.03 bits per heavy atom. The number of aromatic nitrogens is 3. The quantitative estimate of drug-likeness (QED) is 0.644. The van der Waals surface area contributed by atoms with Gasteiger partial charge in [0.1, 0.15) is 11.5 Å². The molecule has 1 atom stereocenters. The van der Waals surface area contributed by atoms with Crippen molar-refractivity contribution in [2.75, 3.05) is 13.1 Å². The summed E-state index contributed by atoms with van der Waals surface area (Å²) < 4.78 is 0. The van der Waals surface area contributed by atoms with E-state index in [1.54, 1.807) is 4.90 Å². The van der Waals surface area contributed by atoms with Crippen LogP contribution in [-0.4, -0.2) is 49.7 Å². The normalized spacial score (nSPS) is 18.4. The molecule has 2 aromatic heterocycles. The molecule has 1 saturated heterocycles. The molecule has 33 heavy (non-hydrogen) atoms. The summed E-state index contributed by atoms with van der Waals surface area (Å²) in [6.07, 6.45) is 3.55. The third-order valence-electron chi connectivity index (χ3n) is 6.94. The minimum Gasteiger partial charge on any atom is -0.351 e. The van der Waals surface area contributed by atoms with Gasteiger partial charge in [-0.05, 0) is 50.3 Å². The molecule has 2 aliphatic heterocycles. The Morgan fingerprint density at radius 3 is 2.82 bits per heavy atom. The first-order chi connectivity index (χ1) is 16.0. The maximum atomic E-state index is 13.5. The zero-order chi connectivity index (χ0) is 23.1. The van der Waals surface area contributed by atoms with Gasteiger partial charge in [-0.1, -0.05) is 19.1 Å². The molecule has 0 saturated carbocycles. The number of benzene rings is 1. The third kappa shape index (κ3) is 3.83. The van der Waals surface area contributed by atoms with Crippen LogP contribution >= 0.6 is 0 Å². The second-order valence-corrected chi connectivity index (χ2v) is 9.02. The topological polar surface area (TPSA) is 102 Å². The number of aryl methyl sites for hydroxylation is 1. The molecular formula is C25H29N5O3. The average molecular weight is 448 g/mol. The number of aromatic amines is 2. The predicted octanol–water partition coefficient (Wildman–Crippen LogP) is 3.22. The first-order valence-electron chi connectivity index (χ1n) is 11.7. The lowest BCUT2D eigenvalue weighted by atomic mass is 9.99. The minimum absolute atomic E-state index is 0.0628. The van der Waals surface area contributed by atoms with Crippen LogP contribution < -0.4 is 5.56 Å². The van der Waals surface area contributed by atoms with Gasteiger partial charge in [-0.3, -0.25) is 14.4 Å². The second-order valence-electron chi connectivity index (χ2n) is 9.02. The zero-order valence-electron chi connectivity index (χ0n) is 19.1. The van der Waals surface area contributed by atoms with E-state index in [4.69, 9.17) is 4.98 Å². The summed E-state index contributed by atoms with van der Waals surface area (Å²) in [4.78, 5) is 53.2. The highest BCUT2D eigenvalue weighted by atomic mass is 16.2. The van der Waals surface area contributed by atoms with E-state index >= 15 is 0 Å². The number of nitrogens with one attached hydrogen (secondary N) is 2. The van der Waals surface area contributed by atoms with Crippen LogP contribution in [0.15, 0.2) is 29.1 Å². The monoisotopic (exact) mass is 447 g/mol. The number of carbonyl (C=O) groups is 2. The number of hydrogen-bond acceptors (Lipinski definition) is 4. The average Bonchev–Trinajstić information content (AvgIpc) is 3.28. The van der Waals surface area contributed by atoms with Crippen LogP contribution in [0.25, 0.3) is 10.9 Å². The van der Waals surface area contributed by atoms with Gasteiger partial charge < -0.3 is 19.8 Å². The number of nitrogens with zero attached hydrogens (tertiary/aromatic N) is 3. The van der Waals surface area contributed by atoms with Crippen molar-refractivity contribution in [2.24, 2.45) is 0 Å². The third-order valence-corrected chi connectivity index (χ3v) is 6.94. The van der Waals surface area contributed by atoms with Crippen molar-refractivity contribution < 1.29 is 9.59 Å². The molecule has 2 N–H and O–H groups in total. The van der Waals surface area contributed by atoms with Crippen molar-refractivity contribution in [3.05, 3.63) is 63.0 Å². The summed E-state index contributed by atoms with van der Waals surface area (Å²) in [7, 11) is 0. The van der Waals surface area contributed by atoms with Gasteiger partial charge in [-0.2, -0.15) is 0 Å². The van der Waals surface area contributed by atoms with Gasteiger partial charge >= 0.3 is 0 Å². The highest BCUT2D eigenvalue weighted by Gasteiger charge is 2.33. The Labute approximate surface area is 192 Å². The molecule has 4 heterocycles. The van der Waals surface area contributed by atoms with Gasteiger partial charge in [0.05, 0.1) is 18.3 Å². The molecule has 8 heteroatoms. The molecular weight excluding hydrogens is 418 g/mol. The summed E-state index contributed by atoms with van der Waals surface area (Å²) in [5, 5.41) is 1.04. The van der Waals surface area contributed by atoms with E-state index in [9.17, 15) is 14.4 Å². The van der Waals surface area contributed by atoms with Crippen molar-refractivity contribution >= 4 is 22.7 Å². The van der Waals surface area contributed by atoms with Crippen LogP contribution in [0, 0.1) is 6.92 Å². The fourth-order valence-corrected chi connectivity index (χ4v) is 5.09. The van der Waals surface area contributed by atoms with E-state index in [-0.39, 0.29) is 23.4 Å². The van der Waals surface area contributed by atoms with Crippen molar-refractivity contribution in [3.8, 4) is 0 Å². The van der Waals surface area contributed by atoms with E-state index < -0.39 is 0 Å². The number of H-pyrrole nitrogens is 2. The summed E-state index contributed by atoms with van der Waals surface area (Å²) in [5.74, 6) is 0.496. The summed E-state index contributed by atoms with van der Waals surface area (Å²) in [6, 6.07) is 7.59. The highest BCUT2D eigenvalue weighted by molar-refractivity contribution is 5.99. The number of carbonyl (C=O) groups excluding carboxylic acids is 2. The van der Waals surface area contributed by atoms with Gasteiger partial charge in [-0.15, -0.1) is 0 Å². The highest BCUT2D eigenvalue weighted by Crippen LogP contribution is 2.31. The molecule has 5 rings (SSSR count). The molecule has 0 bridgehead atoms. The molecule has 1 fully saturated rings. The standard InChI is InChI=1S/C25H29N5O3/c1-3-22(31)29-12-10-16-20(14-29)27-23(28-24(16)32)21-9-4-5-11-30(21)25(33)19-13-17-15(2)7-6-8-18(17)26-19/h6-8,13,21,26H,3-5,9-12,14H2,1-2H3,(H,27,28,32)/t21-/m1/s1. The lowest BCUT2D eigenvalue weighted by Crippen LogP contribution is -2.42. The van der Waals surface area contributed by atoms with E-state index in [0.29, 0.717) is 55.3 Å². The van der Waals surface area contributed by atoms with Gasteiger partial charge in [0.15, 0.2) is 0 Å². The van der Waals surface area contributed by atoms with Gasteiger partial charge in [0.25, 0.3) is 11.5 Å². The van der Waals surface area contributed by atoms with Gasteiger partial charge in [0.2, 0.25) is 5.91 Å². The number of rotatable bonds is 3. The molecule has 0 unspecified atom stereocenters. The Balaban J connectivity index is 1.48. The van der Waals surface area contributed by atoms with E-state index in [2.05, 4.69) is 9.97 Å². The fourth-order valence-electron chi connectivity index (χ4n) is 5.09. The largest absolute Gasteiger partial charge is 0.351 e. The summed E-state index contributed by atoms with van der Waals surface area (Å²) in [5.41, 5.74) is 3.75. The second kappa shape index (κ2) is 8.50. The molecule has 0 spiro atoms. The molecule has 0 aliphatic carbocycles. The van der Waals surface area contributed by atoms with Crippen LogP contribution in [0.2, 0.25) is 0 Å². The minimum atomic E-state index is -0.297. The van der Waals surface area contributed by atoms with Crippen LogP contribution in [0.3, 0.4) is 0 Å². The Hall–Kier alpha value is -3.42.